The largest absolute Gasteiger partial charge is 0.329 e. The molecule has 0 aromatic carbocycles. The number of nitrogens with two attached hydrogens (primary N) is 1. The molecular formula is C16H32N2. The molecular weight excluding hydrogens is 220 g/mol. The van der Waals surface area contributed by atoms with Gasteiger partial charge in [-0.3, -0.25) is 4.90 Å². The molecule has 2 heteroatoms. The van der Waals surface area contributed by atoms with Crippen molar-refractivity contribution in [3.05, 3.63) is 0 Å². The van der Waals surface area contributed by atoms with Crippen molar-refractivity contribution in [1.82, 2.24) is 4.90 Å². The molecule has 2 fully saturated rings. The SMILES string of the molecule is CCC1CCCC(CN)(N2CCCC2C(C)C)C1. The molecule has 1 aliphatic carbocycles. The van der Waals surface area contributed by atoms with E-state index in [1.54, 1.807) is 0 Å². The van der Waals surface area contributed by atoms with Gasteiger partial charge in [0.2, 0.25) is 0 Å². The third-order valence-corrected chi connectivity index (χ3v) is 5.56. The molecule has 1 heterocycles. The first-order chi connectivity index (χ1) is 8.63. The van der Waals surface area contributed by atoms with E-state index in [0.29, 0.717) is 5.54 Å². The third kappa shape index (κ3) is 2.60. The minimum atomic E-state index is 0.338. The summed E-state index contributed by atoms with van der Waals surface area (Å²) in [5.41, 5.74) is 6.59. The lowest BCUT2D eigenvalue weighted by atomic mass is 9.73. The zero-order chi connectivity index (χ0) is 13.2. The molecule has 2 N–H and O–H groups in total. The first kappa shape index (κ1) is 14.3. The fourth-order valence-electron chi connectivity index (χ4n) is 4.45. The lowest BCUT2D eigenvalue weighted by Gasteiger charge is -2.50. The quantitative estimate of drug-likeness (QED) is 0.831. The van der Waals surface area contributed by atoms with Crippen LogP contribution in [0.5, 0.6) is 0 Å². The van der Waals surface area contributed by atoms with Crippen molar-refractivity contribution < 1.29 is 0 Å². The maximum absolute atomic E-state index is 6.26. The Kier molecular flexibility index (Phi) is 4.71. The molecule has 1 aliphatic heterocycles. The molecule has 2 nitrogen and oxygen atoms in total. The molecule has 0 bridgehead atoms. The van der Waals surface area contributed by atoms with Gasteiger partial charge in [-0.05, 0) is 44.1 Å². The second kappa shape index (κ2) is 5.92. The molecule has 0 aromatic heterocycles. The van der Waals surface area contributed by atoms with Crippen molar-refractivity contribution >= 4 is 0 Å². The van der Waals surface area contributed by atoms with Gasteiger partial charge in [0.15, 0.2) is 0 Å². The van der Waals surface area contributed by atoms with Crippen molar-refractivity contribution in [2.24, 2.45) is 17.6 Å². The van der Waals surface area contributed by atoms with Crippen LogP contribution in [-0.4, -0.2) is 29.6 Å². The Balaban J connectivity index is 2.15. The van der Waals surface area contributed by atoms with Crippen LogP contribution >= 0.6 is 0 Å². The Morgan fingerprint density at radius 2 is 2.06 bits per heavy atom. The Hall–Kier alpha value is -0.0800. The van der Waals surface area contributed by atoms with E-state index in [9.17, 15) is 0 Å². The highest BCUT2D eigenvalue weighted by Crippen LogP contribution is 2.42. The molecule has 0 radical (unpaired) electrons. The van der Waals surface area contributed by atoms with Crippen LogP contribution in [0.15, 0.2) is 0 Å². The van der Waals surface area contributed by atoms with E-state index in [1.165, 1.54) is 51.5 Å². The molecule has 2 rings (SSSR count). The van der Waals surface area contributed by atoms with Crippen LogP contribution in [0.25, 0.3) is 0 Å². The first-order valence-corrected chi connectivity index (χ1v) is 8.10. The highest BCUT2D eigenvalue weighted by Gasteiger charge is 2.44. The van der Waals surface area contributed by atoms with Gasteiger partial charge in [0.1, 0.15) is 0 Å². The molecule has 0 spiro atoms. The Morgan fingerprint density at radius 1 is 1.28 bits per heavy atom. The van der Waals surface area contributed by atoms with Crippen LogP contribution in [-0.2, 0) is 0 Å². The first-order valence-electron chi connectivity index (χ1n) is 8.10. The predicted octanol–water partition coefficient (Wildman–Crippen LogP) is 3.40. The van der Waals surface area contributed by atoms with Gasteiger partial charge >= 0.3 is 0 Å². The maximum atomic E-state index is 6.26. The third-order valence-electron chi connectivity index (χ3n) is 5.56. The summed E-state index contributed by atoms with van der Waals surface area (Å²) in [7, 11) is 0. The Bertz CT molecular complexity index is 264. The van der Waals surface area contributed by atoms with Gasteiger partial charge < -0.3 is 5.73 Å². The van der Waals surface area contributed by atoms with Crippen molar-refractivity contribution in [2.45, 2.75) is 77.3 Å². The van der Waals surface area contributed by atoms with Gasteiger partial charge in [-0.25, -0.2) is 0 Å². The van der Waals surface area contributed by atoms with E-state index in [4.69, 9.17) is 5.73 Å². The fraction of sp³-hybridized carbons (Fsp3) is 1.00. The molecule has 0 amide bonds. The van der Waals surface area contributed by atoms with Gasteiger partial charge in [-0.15, -0.1) is 0 Å². The van der Waals surface area contributed by atoms with Crippen LogP contribution in [0, 0.1) is 11.8 Å². The van der Waals surface area contributed by atoms with E-state index in [1.807, 2.05) is 0 Å². The van der Waals surface area contributed by atoms with Crippen LogP contribution < -0.4 is 5.73 Å². The summed E-state index contributed by atoms with van der Waals surface area (Å²) in [6.07, 6.45) is 9.60. The lowest BCUT2D eigenvalue weighted by Crippen LogP contribution is -2.58. The highest BCUT2D eigenvalue weighted by atomic mass is 15.3. The Morgan fingerprint density at radius 3 is 2.67 bits per heavy atom. The topological polar surface area (TPSA) is 29.3 Å². The molecule has 1 saturated carbocycles. The van der Waals surface area contributed by atoms with Gasteiger partial charge in [-0.1, -0.05) is 40.0 Å². The number of likely N-dealkylation sites (tertiary alicyclic amines) is 1. The number of hydrogen-bond donors (Lipinski definition) is 1. The molecule has 106 valence electrons. The summed E-state index contributed by atoms with van der Waals surface area (Å²) in [6, 6.07) is 0.782. The highest BCUT2D eigenvalue weighted by molar-refractivity contribution is 5.01. The van der Waals surface area contributed by atoms with Crippen molar-refractivity contribution in [3.63, 3.8) is 0 Å². The standard InChI is InChI=1S/C16H32N2/c1-4-14-7-5-9-16(11-14,12-17)18-10-6-8-15(18)13(2)3/h13-15H,4-12,17H2,1-3H3. The average molecular weight is 252 g/mol. The van der Waals surface area contributed by atoms with Crippen LogP contribution in [0.4, 0.5) is 0 Å². The minimum Gasteiger partial charge on any atom is -0.329 e. The van der Waals surface area contributed by atoms with Crippen LogP contribution in [0.3, 0.4) is 0 Å². The summed E-state index contributed by atoms with van der Waals surface area (Å²) in [5.74, 6) is 1.69. The summed E-state index contributed by atoms with van der Waals surface area (Å²) in [4.78, 5) is 2.82. The van der Waals surface area contributed by atoms with Crippen molar-refractivity contribution in [3.8, 4) is 0 Å². The summed E-state index contributed by atoms with van der Waals surface area (Å²) in [5, 5.41) is 0. The van der Waals surface area contributed by atoms with Crippen molar-refractivity contribution in [2.75, 3.05) is 13.1 Å². The molecule has 3 atom stereocenters. The van der Waals surface area contributed by atoms with E-state index >= 15 is 0 Å². The molecule has 0 aromatic rings. The van der Waals surface area contributed by atoms with Crippen LogP contribution in [0.1, 0.15) is 65.7 Å². The maximum Gasteiger partial charge on any atom is 0.0337 e. The van der Waals surface area contributed by atoms with Gasteiger partial charge in [0, 0.05) is 18.1 Å². The van der Waals surface area contributed by atoms with E-state index < -0.39 is 0 Å². The van der Waals surface area contributed by atoms with Gasteiger partial charge in [-0.2, -0.15) is 0 Å². The minimum absolute atomic E-state index is 0.338. The molecule has 1 saturated heterocycles. The molecule has 18 heavy (non-hydrogen) atoms. The molecule has 2 aliphatic rings. The number of hydrogen-bond acceptors (Lipinski definition) is 2. The van der Waals surface area contributed by atoms with Crippen molar-refractivity contribution in [1.29, 1.82) is 0 Å². The summed E-state index contributed by atoms with van der Waals surface area (Å²) >= 11 is 0. The second-order valence-electron chi connectivity index (χ2n) is 6.95. The van der Waals surface area contributed by atoms with E-state index in [-0.39, 0.29) is 0 Å². The van der Waals surface area contributed by atoms with E-state index in [2.05, 4.69) is 25.7 Å². The zero-order valence-electron chi connectivity index (χ0n) is 12.6. The summed E-state index contributed by atoms with van der Waals surface area (Å²) in [6.45, 7) is 9.27. The number of rotatable bonds is 4. The molecule has 3 unspecified atom stereocenters. The monoisotopic (exact) mass is 252 g/mol. The average Bonchev–Trinajstić information content (AvgIpc) is 2.88. The zero-order valence-corrected chi connectivity index (χ0v) is 12.6. The summed E-state index contributed by atoms with van der Waals surface area (Å²) < 4.78 is 0. The van der Waals surface area contributed by atoms with E-state index in [0.717, 1.165) is 24.4 Å². The van der Waals surface area contributed by atoms with Gasteiger partial charge in [0.05, 0.1) is 0 Å². The fourth-order valence-corrected chi connectivity index (χ4v) is 4.45. The van der Waals surface area contributed by atoms with Crippen LogP contribution in [0.2, 0.25) is 0 Å². The normalized spacial score (nSPS) is 38.5. The lowest BCUT2D eigenvalue weighted by molar-refractivity contribution is 0.0115. The second-order valence-corrected chi connectivity index (χ2v) is 6.95. The smallest absolute Gasteiger partial charge is 0.0337 e. The number of nitrogens with zero attached hydrogens (tertiary/aromatic N) is 1. The van der Waals surface area contributed by atoms with Gasteiger partial charge in [0.25, 0.3) is 0 Å². The Labute approximate surface area is 113 Å². The predicted molar refractivity (Wildman–Crippen MR) is 78.6 cm³/mol.